The summed E-state index contributed by atoms with van der Waals surface area (Å²) in [4.78, 5) is 0. The number of rotatable bonds is 5. The Morgan fingerprint density at radius 3 is 1.92 bits per heavy atom. The van der Waals surface area contributed by atoms with Crippen LogP contribution in [0.3, 0.4) is 0 Å². The van der Waals surface area contributed by atoms with Crippen molar-refractivity contribution in [2.24, 2.45) is 0 Å². The van der Waals surface area contributed by atoms with Gasteiger partial charge in [-0.15, -0.1) is 0 Å². The van der Waals surface area contributed by atoms with E-state index >= 15 is 0 Å². The maximum Gasteiger partial charge on any atom is 0.147 e. The van der Waals surface area contributed by atoms with Crippen LogP contribution >= 0.6 is 0 Å². The molecule has 0 amide bonds. The van der Waals surface area contributed by atoms with E-state index in [-0.39, 0.29) is 0 Å². The highest BCUT2D eigenvalue weighted by atomic mass is 16.4. The van der Waals surface area contributed by atoms with E-state index in [0.717, 1.165) is 6.92 Å². The monoisotopic (exact) mass is 348 g/mol. The van der Waals surface area contributed by atoms with Gasteiger partial charge in [0.15, 0.2) is 0 Å². The molecule has 6 heteroatoms. The zero-order valence-electron chi connectivity index (χ0n) is 13.9. The number of hydrogen-bond acceptors (Lipinski definition) is 6. The van der Waals surface area contributed by atoms with Gasteiger partial charge in [-0.25, -0.2) is 0 Å². The van der Waals surface area contributed by atoms with Crippen LogP contribution in [-0.2, 0) is 0 Å². The molecule has 0 unspecified atom stereocenters. The third kappa shape index (κ3) is 4.11. The summed E-state index contributed by atoms with van der Waals surface area (Å²) in [5.74, 6) is -0.991. The van der Waals surface area contributed by atoms with E-state index in [2.05, 4.69) is 0 Å². The Morgan fingerprint density at radius 2 is 1.44 bits per heavy atom. The van der Waals surface area contributed by atoms with Crippen molar-refractivity contribution in [3.8, 4) is 0 Å². The standard InChI is InChI=1S/C19H24O6/c1-19(25,17(23)13-10-6-3-7-11-13)18(24)16(22)15(21)14(20)12-8-4-2-5-9-12/h2-8,10,15-16,18,20-25H,9,11H2,1H3/t15-,16-,18+,19+/m1/s1. The summed E-state index contributed by atoms with van der Waals surface area (Å²) in [7, 11) is 0. The Hall–Kier alpha value is -2.12. The minimum absolute atomic E-state index is 0.357. The predicted octanol–water partition coefficient (Wildman–Crippen LogP) is 1.48. The number of aliphatic hydroxyl groups is 6. The van der Waals surface area contributed by atoms with E-state index in [4.69, 9.17) is 0 Å². The van der Waals surface area contributed by atoms with Crippen LogP contribution in [0, 0.1) is 0 Å². The largest absolute Gasteiger partial charge is 0.509 e. The van der Waals surface area contributed by atoms with Crippen LogP contribution in [-0.4, -0.2) is 54.6 Å². The fourth-order valence-electron chi connectivity index (χ4n) is 2.71. The molecule has 6 nitrogen and oxygen atoms in total. The van der Waals surface area contributed by atoms with Gasteiger partial charge >= 0.3 is 0 Å². The lowest BCUT2D eigenvalue weighted by Gasteiger charge is -2.34. The van der Waals surface area contributed by atoms with Gasteiger partial charge in [0.05, 0.1) is 0 Å². The molecule has 2 rings (SSSR count). The van der Waals surface area contributed by atoms with Crippen molar-refractivity contribution < 1.29 is 30.6 Å². The van der Waals surface area contributed by atoms with Crippen LogP contribution in [0.1, 0.15) is 19.8 Å². The third-order valence-corrected chi connectivity index (χ3v) is 4.38. The van der Waals surface area contributed by atoms with Crippen molar-refractivity contribution in [2.75, 3.05) is 0 Å². The van der Waals surface area contributed by atoms with Crippen LogP contribution in [0.2, 0.25) is 0 Å². The first kappa shape index (κ1) is 19.2. The quantitative estimate of drug-likeness (QED) is 0.419. The fraction of sp³-hybridized carbons (Fsp3) is 0.368. The number of allylic oxidation sites excluding steroid dienone is 10. The average Bonchev–Trinajstić information content (AvgIpc) is 2.66. The van der Waals surface area contributed by atoms with E-state index in [1.165, 1.54) is 0 Å². The van der Waals surface area contributed by atoms with Gasteiger partial charge in [0.2, 0.25) is 0 Å². The Bertz CT molecular complexity index is 678. The zero-order chi connectivity index (χ0) is 18.6. The van der Waals surface area contributed by atoms with Crippen molar-refractivity contribution >= 4 is 0 Å². The van der Waals surface area contributed by atoms with E-state index < -0.39 is 35.4 Å². The van der Waals surface area contributed by atoms with Crippen molar-refractivity contribution in [1.82, 2.24) is 0 Å². The molecule has 0 aromatic rings. The summed E-state index contributed by atoms with van der Waals surface area (Å²) in [5.41, 5.74) is -1.43. The molecule has 6 N–H and O–H groups in total. The van der Waals surface area contributed by atoms with Crippen molar-refractivity contribution in [2.45, 2.75) is 43.7 Å². The lowest BCUT2D eigenvalue weighted by atomic mass is 9.86. The van der Waals surface area contributed by atoms with Gasteiger partial charge < -0.3 is 30.6 Å². The number of hydrogen-bond donors (Lipinski definition) is 6. The molecule has 0 fully saturated rings. The van der Waals surface area contributed by atoms with Gasteiger partial charge in [0, 0.05) is 0 Å². The van der Waals surface area contributed by atoms with Gasteiger partial charge in [-0.2, -0.15) is 0 Å². The molecule has 0 heterocycles. The topological polar surface area (TPSA) is 121 Å². The SMILES string of the molecule is C[C@](O)(C(O)=C1C=CC=CC1)[C@@H](O)[C@H](O)[C@H](O)C(O)=C1C=CC=CC1. The highest BCUT2D eigenvalue weighted by Crippen LogP contribution is 2.29. The van der Waals surface area contributed by atoms with Gasteiger partial charge in [-0.3, -0.25) is 0 Å². The fourth-order valence-corrected chi connectivity index (χ4v) is 2.71. The molecule has 0 aromatic heterocycles. The van der Waals surface area contributed by atoms with Crippen LogP contribution in [0.4, 0.5) is 0 Å². The molecule has 0 saturated heterocycles. The number of aliphatic hydroxyl groups excluding tert-OH is 5. The van der Waals surface area contributed by atoms with E-state index in [9.17, 15) is 30.6 Å². The van der Waals surface area contributed by atoms with Gasteiger partial charge in [-0.05, 0) is 30.9 Å². The molecule has 0 saturated carbocycles. The highest BCUT2D eigenvalue weighted by molar-refractivity contribution is 5.36. The van der Waals surface area contributed by atoms with Gasteiger partial charge in [0.25, 0.3) is 0 Å². The lowest BCUT2D eigenvalue weighted by molar-refractivity contribution is -0.140. The van der Waals surface area contributed by atoms with Crippen molar-refractivity contribution in [1.29, 1.82) is 0 Å². The first-order chi connectivity index (χ1) is 11.8. The molecule has 0 aliphatic heterocycles. The second-order valence-electron chi connectivity index (χ2n) is 6.29. The Labute approximate surface area is 146 Å². The molecule has 0 aromatic carbocycles. The second kappa shape index (κ2) is 7.84. The molecule has 4 atom stereocenters. The minimum atomic E-state index is -2.21. The molecule has 0 spiro atoms. The maximum absolute atomic E-state index is 10.5. The van der Waals surface area contributed by atoms with Gasteiger partial charge in [-0.1, -0.05) is 48.6 Å². The van der Waals surface area contributed by atoms with Crippen molar-refractivity contribution in [3.63, 3.8) is 0 Å². The first-order valence-electron chi connectivity index (χ1n) is 8.04. The summed E-state index contributed by atoms with van der Waals surface area (Å²) in [5, 5.41) is 61.6. The predicted molar refractivity (Wildman–Crippen MR) is 93.7 cm³/mol. The molecule has 0 radical (unpaired) electrons. The third-order valence-electron chi connectivity index (χ3n) is 4.38. The molecule has 25 heavy (non-hydrogen) atoms. The van der Waals surface area contributed by atoms with E-state index in [1.54, 1.807) is 48.6 Å². The lowest BCUT2D eigenvalue weighted by Crippen LogP contribution is -2.53. The first-order valence-corrected chi connectivity index (χ1v) is 8.04. The normalized spacial score (nSPS) is 26.8. The smallest absolute Gasteiger partial charge is 0.147 e. The molecular weight excluding hydrogens is 324 g/mol. The minimum Gasteiger partial charge on any atom is -0.509 e. The highest BCUT2D eigenvalue weighted by Gasteiger charge is 2.44. The summed E-state index contributed by atoms with van der Waals surface area (Å²) >= 11 is 0. The summed E-state index contributed by atoms with van der Waals surface area (Å²) < 4.78 is 0. The Kier molecular flexibility index (Phi) is 6.02. The van der Waals surface area contributed by atoms with Crippen LogP contribution in [0.5, 0.6) is 0 Å². The van der Waals surface area contributed by atoms with Crippen LogP contribution < -0.4 is 0 Å². The van der Waals surface area contributed by atoms with E-state index in [1.807, 2.05) is 0 Å². The van der Waals surface area contributed by atoms with Gasteiger partial charge in [0.1, 0.15) is 35.4 Å². The maximum atomic E-state index is 10.5. The molecule has 0 bridgehead atoms. The van der Waals surface area contributed by atoms with Crippen LogP contribution in [0.15, 0.2) is 71.3 Å². The molecule has 136 valence electrons. The zero-order valence-corrected chi connectivity index (χ0v) is 13.9. The summed E-state index contributed by atoms with van der Waals surface area (Å²) in [6, 6.07) is 0. The Balaban J connectivity index is 2.21. The van der Waals surface area contributed by atoms with Crippen LogP contribution in [0.25, 0.3) is 0 Å². The second-order valence-corrected chi connectivity index (χ2v) is 6.29. The summed E-state index contributed by atoms with van der Waals surface area (Å²) in [6.07, 6.45) is 8.64. The van der Waals surface area contributed by atoms with E-state index in [0.29, 0.717) is 24.0 Å². The summed E-state index contributed by atoms with van der Waals surface area (Å²) in [6.45, 7) is 1.13. The Morgan fingerprint density at radius 1 is 0.920 bits per heavy atom. The average molecular weight is 348 g/mol. The van der Waals surface area contributed by atoms with Crippen molar-refractivity contribution in [3.05, 3.63) is 71.3 Å². The molecule has 2 aliphatic carbocycles. The molecular formula is C19H24O6. The molecule has 2 aliphatic rings.